The number of nitrogens with one attached hydrogen (secondary N) is 2. The van der Waals surface area contributed by atoms with Crippen LogP contribution in [-0.4, -0.2) is 88.9 Å². The molecule has 2 aliphatic rings. The smallest absolute Gasteiger partial charge is 0.409 e. The third kappa shape index (κ3) is 6.31. The van der Waals surface area contributed by atoms with E-state index in [-0.39, 0.29) is 11.8 Å². The molecule has 1 aliphatic carbocycles. The molecule has 0 spiro atoms. The Labute approximate surface area is 156 Å². The summed E-state index contributed by atoms with van der Waals surface area (Å²) in [4.78, 5) is 19.6. The number of ether oxygens (including phenoxy) is 1. The van der Waals surface area contributed by atoms with Crippen molar-refractivity contribution in [2.24, 2.45) is 10.9 Å². The van der Waals surface area contributed by atoms with E-state index in [2.05, 4.69) is 15.0 Å². The van der Waals surface area contributed by atoms with Crippen LogP contribution in [0.2, 0.25) is 0 Å². The first-order valence-electron chi connectivity index (χ1n) is 9.29. The van der Waals surface area contributed by atoms with Crippen LogP contribution in [0, 0.1) is 5.92 Å². The summed E-state index contributed by atoms with van der Waals surface area (Å²) in [6.07, 6.45) is 3.14. The number of nitrogens with zero attached hydrogens (tertiary/aromatic N) is 3. The summed E-state index contributed by atoms with van der Waals surface area (Å²) in [5, 5.41) is 3.10. The molecule has 1 aliphatic heterocycles. The van der Waals surface area contributed by atoms with Crippen molar-refractivity contribution >= 4 is 22.1 Å². The molecule has 9 nitrogen and oxygen atoms in total. The van der Waals surface area contributed by atoms with Crippen LogP contribution >= 0.6 is 0 Å². The van der Waals surface area contributed by atoms with E-state index in [0.717, 1.165) is 12.8 Å². The highest BCUT2D eigenvalue weighted by Crippen LogP contribution is 2.25. The van der Waals surface area contributed by atoms with Gasteiger partial charge in [0.1, 0.15) is 0 Å². The zero-order valence-electron chi connectivity index (χ0n) is 15.7. The van der Waals surface area contributed by atoms with E-state index in [9.17, 15) is 13.2 Å². The lowest BCUT2D eigenvalue weighted by Crippen LogP contribution is -2.54. The maximum absolute atomic E-state index is 12.0. The number of hydrogen-bond acceptors (Lipinski definition) is 5. The zero-order chi connectivity index (χ0) is 19.0. The van der Waals surface area contributed by atoms with Gasteiger partial charge in [-0.3, -0.25) is 4.99 Å². The van der Waals surface area contributed by atoms with Crippen LogP contribution in [-0.2, 0) is 14.8 Å². The Morgan fingerprint density at radius 3 is 2.38 bits per heavy atom. The standard InChI is InChI=1S/C16H31N5O4S/c1-3-25-16(22)21-10-8-20(9-11-21)15(17-2)18-7-12-26(23,24)19-13-14-5-4-6-14/h14,19H,3-13H2,1-2H3,(H,17,18). The molecule has 10 heteroatoms. The van der Waals surface area contributed by atoms with E-state index in [1.165, 1.54) is 6.42 Å². The fourth-order valence-corrected chi connectivity index (χ4v) is 3.96. The molecule has 2 rings (SSSR count). The Morgan fingerprint density at radius 1 is 1.19 bits per heavy atom. The topological polar surface area (TPSA) is 103 Å². The van der Waals surface area contributed by atoms with E-state index in [1.54, 1.807) is 18.9 Å². The minimum Gasteiger partial charge on any atom is -0.450 e. The molecule has 0 bridgehead atoms. The lowest BCUT2D eigenvalue weighted by atomic mass is 9.86. The number of piperazine rings is 1. The van der Waals surface area contributed by atoms with Crippen molar-refractivity contribution in [3.8, 4) is 0 Å². The second-order valence-electron chi connectivity index (χ2n) is 6.61. The van der Waals surface area contributed by atoms with Gasteiger partial charge in [0.25, 0.3) is 0 Å². The molecule has 150 valence electrons. The van der Waals surface area contributed by atoms with Crippen molar-refractivity contribution in [1.29, 1.82) is 0 Å². The van der Waals surface area contributed by atoms with Gasteiger partial charge in [-0.25, -0.2) is 17.9 Å². The fourth-order valence-electron chi connectivity index (χ4n) is 2.96. The van der Waals surface area contributed by atoms with Crippen LogP contribution in [0.1, 0.15) is 26.2 Å². The largest absolute Gasteiger partial charge is 0.450 e. The first-order valence-corrected chi connectivity index (χ1v) is 10.9. The third-order valence-electron chi connectivity index (χ3n) is 4.79. The average Bonchev–Trinajstić information content (AvgIpc) is 2.57. The van der Waals surface area contributed by atoms with E-state index in [1.807, 2.05) is 4.90 Å². The Morgan fingerprint density at radius 2 is 1.85 bits per heavy atom. The number of sulfonamides is 1. The molecular formula is C16H31N5O4S. The molecular weight excluding hydrogens is 358 g/mol. The molecule has 0 atom stereocenters. The van der Waals surface area contributed by atoms with Crippen molar-refractivity contribution in [3.05, 3.63) is 0 Å². The van der Waals surface area contributed by atoms with Gasteiger partial charge in [-0.2, -0.15) is 0 Å². The summed E-state index contributed by atoms with van der Waals surface area (Å²) in [5.41, 5.74) is 0. The monoisotopic (exact) mass is 389 g/mol. The molecule has 26 heavy (non-hydrogen) atoms. The fraction of sp³-hybridized carbons (Fsp3) is 0.875. The highest BCUT2D eigenvalue weighted by atomic mass is 32.2. The van der Waals surface area contributed by atoms with Gasteiger partial charge in [0, 0.05) is 46.3 Å². The molecule has 1 amide bonds. The molecule has 2 fully saturated rings. The molecule has 1 saturated carbocycles. The van der Waals surface area contributed by atoms with E-state index in [4.69, 9.17) is 4.74 Å². The van der Waals surface area contributed by atoms with Crippen molar-refractivity contribution in [1.82, 2.24) is 19.8 Å². The van der Waals surface area contributed by atoms with Crippen LogP contribution in [0.3, 0.4) is 0 Å². The number of aliphatic imine (C=N–C) groups is 1. The number of hydrogen-bond donors (Lipinski definition) is 2. The SMILES string of the molecule is CCOC(=O)N1CCN(C(=NC)NCCS(=O)(=O)NCC2CCC2)CC1. The molecule has 0 radical (unpaired) electrons. The summed E-state index contributed by atoms with van der Waals surface area (Å²) in [7, 11) is -1.60. The Kier molecular flexibility index (Phi) is 7.95. The molecule has 0 aromatic carbocycles. The summed E-state index contributed by atoms with van der Waals surface area (Å²) >= 11 is 0. The van der Waals surface area contributed by atoms with Gasteiger partial charge in [-0.15, -0.1) is 0 Å². The Balaban J connectivity index is 1.70. The number of carbonyl (C=O) groups is 1. The summed E-state index contributed by atoms with van der Waals surface area (Å²) in [5.74, 6) is 1.17. The second kappa shape index (κ2) is 9.96. The maximum atomic E-state index is 12.0. The highest BCUT2D eigenvalue weighted by molar-refractivity contribution is 7.89. The van der Waals surface area contributed by atoms with Crippen molar-refractivity contribution in [2.45, 2.75) is 26.2 Å². The third-order valence-corrected chi connectivity index (χ3v) is 6.14. The van der Waals surface area contributed by atoms with Crippen LogP contribution in [0.4, 0.5) is 4.79 Å². The minimum absolute atomic E-state index is 0.0154. The number of rotatable bonds is 7. The molecule has 1 saturated heterocycles. The maximum Gasteiger partial charge on any atom is 0.409 e. The molecule has 2 N–H and O–H groups in total. The van der Waals surface area contributed by atoms with Gasteiger partial charge in [0.15, 0.2) is 5.96 Å². The number of guanidine groups is 1. The van der Waals surface area contributed by atoms with Crippen LogP contribution in [0.5, 0.6) is 0 Å². The first kappa shape index (κ1) is 20.8. The molecule has 1 heterocycles. The molecule has 0 aromatic rings. The normalized spacial score (nSPS) is 19.2. The van der Waals surface area contributed by atoms with Gasteiger partial charge >= 0.3 is 6.09 Å². The van der Waals surface area contributed by atoms with Crippen LogP contribution in [0.15, 0.2) is 4.99 Å². The summed E-state index contributed by atoms with van der Waals surface area (Å²) in [6.45, 7) is 5.37. The predicted molar refractivity (Wildman–Crippen MR) is 101 cm³/mol. The highest BCUT2D eigenvalue weighted by Gasteiger charge is 2.24. The van der Waals surface area contributed by atoms with Gasteiger partial charge < -0.3 is 19.9 Å². The van der Waals surface area contributed by atoms with Gasteiger partial charge in [-0.1, -0.05) is 6.42 Å². The predicted octanol–water partition coefficient (Wildman–Crippen LogP) is 0.0554. The number of amides is 1. The van der Waals surface area contributed by atoms with Crippen molar-refractivity contribution < 1.29 is 17.9 Å². The van der Waals surface area contributed by atoms with E-state index < -0.39 is 10.0 Å². The molecule has 0 unspecified atom stereocenters. The average molecular weight is 390 g/mol. The summed E-state index contributed by atoms with van der Waals surface area (Å²) in [6, 6.07) is 0. The Hall–Kier alpha value is -1.55. The first-order chi connectivity index (χ1) is 12.4. The van der Waals surface area contributed by atoms with Crippen molar-refractivity contribution in [3.63, 3.8) is 0 Å². The minimum atomic E-state index is -3.27. The lowest BCUT2D eigenvalue weighted by molar-refractivity contribution is 0.0915. The van der Waals surface area contributed by atoms with Crippen molar-refractivity contribution in [2.75, 3.05) is 58.7 Å². The van der Waals surface area contributed by atoms with Gasteiger partial charge in [0.2, 0.25) is 10.0 Å². The van der Waals surface area contributed by atoms with E-state index in [0.29, 0.717) is 57.8 Å². The quantitative estimate of drug-likeness (QED) is 0.471. The lowest BCUT2D eigenvalue weighted by Gasteiger charge is -2.35. The molecule has 0 aromatic heterocycles. The second-order valence-corrected chi connectivity index (χ2v) is 8.54. The van der Waals surface area contributed by atoms with Crippen LogP contribution in [0.25, 0.3) is 0 Å². The zero-order valence-corrected chi connectivity index (χ0v) is 16.6. The summed E-state index contributed by atoms with van der Waals surface area (Å²) < 4.78 is 31.8. The van der Waals surface area contributed by atoms with E-state index >= 15 is 0 Å². The Bertz CT molecular complexity index is 583. The number of carbonyl (C=O) groups excluding carboxylic acids is 1. The van der Waals surface area contributed by atoms with Gasteiger partial charge in [0.05, 0.1) is 12.4 Å². The van der Waals surface area contributed by atoms with Crippen LogP contribution < -0.4 is 10.0 Å². The van der Waals surface area contributed by atoms with Gasteiger partial charge in [-0.05, 0) is 25.7 Å².